The standard InChI is InChI=1S/C15H17NO5/c1-8-11(14(17)19-3)13(10-6-5-7-21-10)12(9(2)16-8)15(18)20-4/h5-7,11,13H,1-4H3/t11?,13-/m0/s1. The molecule has 0 bridgehead atoms. The predicted octanol–water partition coefficient (Wildman–Crippen LogP) is 2.07. The van der Waals surface area contributed by atoms with Gasteiger partial charge >= 0.3 is 11.9 Å². The minimum absolute atomic E-state index is 0.313. The van der Waals surface area contributed by atoms with Crippen molar-refractivity contribution in [2.45, 2.75) is 19.8 Å². The Balaban J connectivity index is 2.61. The van der Waals surface area contributed by atoms with Crippen LogP contribution >= 0.6 is 0 Å². The largest absolute Gasteiger partial charge is 0.469 e. The average Bonchev–Trinajstić information content (AvgIpc) is 2.99. The van der Waals surface area contributed by atoms with Gasteiger partial charge in [-0.15, -0.1) is 0 Å². The number of allylic oxidation sites excluding steroid dienone is 1. The number of furan rings is 1. The van der Waals surface area contributed by atoms with Crippen molar-refractivity contribution >= 4 is 17.7 Å². The molecule has 0 amide bonds. The van der Waals surface area contributed by atoms with Gasteiger partial charge in [-0.05, 0) is 26.0 Å². The first kappa shape index (κ1) is 15.0. The summed E-state index contributed by atoms with van der Waals surface area (Å²) >= 11 is 0. The second-order valence-corrected chi connectivity index (χ2v) is 4.74. The number of rotatable bonds is 3. The number of carbonyl (C=O) groups excluding carboxylic acids is 2. The summed E-state index contributed by atoms with van der Waals surface area (Å²) in [6.07, 6.45) is 1.50. The molecule has 1 aromatic rings. The molecule has 112 valence electrons. The molecule has 0 fully saturated rings. The first-order chi connectivity index (χ1) is 10.0. The van der Waals surface area contributed by atoms with Gasteiger partial charge in [0.1, 0.15) is 11.7 Å². The molecule has 1 aromatic heterocycles. The van der Waals surface area contributed by atoms with E-state index in [0.717, 1.165) is 0 Å². The molecule has 6 nitrogen and oxygen atoms in total. The van der Waals surface area contributed by atoms with Crippen LogP contribution in [0.2, 0.25) is 0 Å². The van der Waals surface area contributed by atoms with Crippen molar-refractivity contribution in [1.29, 1.82) is 0 Å². The molecule has 0 radical (unpaired) electrons. The third-order valence-electron chi connectivity index (χ3n) is 3.54. The summed E-state index contributed by atoms with van der Waals surface area (Å²) in [5.74, 6) is -1.80. The van der Waals surface area contributed by atoms with E-state index in [-0.39, 0.29) is 0 Å². The quantitative estimate of drug-likeness (QED) is 0.797. The normalized spacial score (nSPS) is 21.8. The lowest BCUT2D eigenvalue weighted by Gasteiger charge is -2.29. The van der Waals surface area contributed by atoms with Gasteiger partial charge in [-0.2, -0.15) is 0 Å². The van der Waals surface area contributed by atoms with Crippen molar-refractivity contribution < 1.29 is 23.5 Å². The third kappa shape index (κ3) is 2.61. The number of esters is 2. The van der Waals surface area contributed by atoms with Gasteiger partial charge in [-0.25, -0.2) is 4.79 Å². The first-order valence-electron chi connectivity index (χ1n) is 6.46. The maximum atomic E-state index is 12.1. The molecule has 0 saturated carbocycles. The second-order valence-electron chi connectivity index (χ2n) is 4.74. The maximum Gasteiger partial charge on any atom is 0.336 e. The summed E-state index contributed by atoms with van der Waals surface area (Å²) in [7, 11) is 2.60. The third-order valence-corrected chi connectivity index (χ3v) is 3.54. The van der Waals surface area contributed by atoms with Gasteiger partial charge in [0.25, 0.3) is 0 Å². The van der Waals surface area contributed by atoms with Crippen molar-refractivity contribution in [2.75, 3.05) is 14.2 Å². The number of nitrogens with zero attached hydrogens (tertiary/aromatic N) is 1. The molecular formula is C15H17NO5. The second kappa shape index (κ2) is 5.95. The zero-order valence-corrected chi connectivity index (χ0v) is 12.4. The Hall–Kier alpha value is -2.37. The molecule has 2 heterocycles. The van der Waals surface area contributed by atoms with Crippen LogP contribution in [0.25, 0.3) is 0 Å². The molecule has 21 heavy (non-hydrogen) atoms. The zero-order chi connectivity index (χ0) is 15.6. The molecule has 0 aliphatic carbocycles. The highest BCUT2D eigenvalue weighted by Crippen LogP contribution is 2.40. The molecule has 1 aliphatic heterocycles. The molecular weight excluding hydrogens is 274 g/mol. The van der Waals surface area contributed by atoms with Crippen LogP contribution in [0.4, 0.5) is 0 Å². The van der Waals surface area contributed by atoms with E-state index in [2.05, 4.69) is 4.99 Å². The van der Waals surface area contributed by atoms with E-state index >= 15 is 0 Å². The SMILES string of the molecule is COC(=O)C1=C(C)N=C(C)C(C(=O)OC)[C@@H]1c1ccco1. The van der Waals surface area contributed by atoms with Crippen LogP contribution in [0.1, 0.15) is 25.5 Å². The van der Waals surface area contributed by atoms with Crippen LogP contribution in [0.5, 0.6) is 0 Å². The minimum atomic E-state index is -0.709. The highest BCUT2D eigenvalue weighted by molar-refractivity contribution is 6.06. The summed E-state index contributed by atoms with van der Waals surface area (Å²) in [6, 6.07) is 3.42. The predicted molar refractivity (Wildman–Crippen MR) is 74.8 cm³/mol. The number of ether oxygens (including phenoxy) is 2. The summed E-state index contributed by atoms with van der Waals surface area (Å²) in [4.78, 5) is 28.5. The molecule has 1 unspecified atom stereocenters. The lowest BCUT2D eigenvalue weighted by atomic mass is 9.78. The minimum Gasteiger partial charge on any atom is -0.469 e. The molecule has 6 heteroatoms. The average molecular weight is 291 g/mol. The van der Waals surface area contributed by atoms with E-state index in [1.165, 1.54) is 20.5 Å². The highest BCUT2D eigenvalue weighted by atomic mass is 16.5. The summed E-state index contributed by atoms with van der Waals surface area (Å²) in [6.45, 7) is 3.44. The Morgan fingerprint density at radius 3 is 2.48 bits per heavy atom. The molecule has 0 saturated heterocycles. The van der Waals surface area contributed by atoms with E-state index in [1.54, 1.807) is 26.0 Å². The lowest BCUT2D eigenvalue weighted by Crippen LogP contribution is -2.35. The van der Waals surface area contributed by atoms with Gasteiger partial charge in [-0.1, -0.05) is 0 Å². The van der Waals surface area contributed by atoms with E-state index < -0.39 is 23.8 Å². The summed E-state index contributed by atoms with van der Waals surface area (Å²) in [5, 5.41) is 0. The fourth-order valence-electron chi connectivity index (χ4n) is 2.62. The maximum absolute atomic E-state index is 12.1. The molecule has 2 atom stereocenters. The van der Waals surface area contributed by atoms with Gasteiger partial charge in [0.05, 0.1) is 32.0 Å². The van der Waals surface area contributed by atoms with Crippen LogP contribution in [-0.2, 0) is 19.1 Å². The zero-order valence-electron chi connectivity index (χ0n) is 12.4. The van der Waals surface area contributed by atoms with Crippen molar-refractivity contribution in [3.8, 4) is 0 Å². The fraction of sp³-hybridized carbons (Fsp3) is 0.400. The Morgan fingerprint density at radius 1 is 1.24 bits per heavy atom. The topological polar surface area (TPSA) is 78.1 Å². The van der Waals surface area contributed by atoms with Crippen LogP contribution in [0.3, 0.4) is 0 Å². The van der Waals surface area contributed by atoms with E-state index in [9.17, 15) is 9.59 Å². The van der Waals surface area contributed by atoms with E-state index in [0.29, 0.717) is 22.7 Å². The number of hydrogen-bond donors (Lipinski definition) is 0. The Morgan fingerprint density at radius 2 is 1.95 bits per heavy atom. The highest BCUT2D eigenvalue weighted by Gasteiger charge is 2.43. The van der Waals surface area contributed by atoms with Gasteiger partial charge in [0, 0.05) is 11.4 Å². The van der Waals surface area contributed by atoms with Crippen molar-refractivity contribution in [3.05, 3.63) is 35.4 Å². The van der Waals surface area contributed by atoms with Crippen LogP contribution in [0.15, 0.2) is 39.1 Å². The summed E-state index contributed by atoms with van der Waals surface area (Å²) in [5.41, 5.74) is 1.41. The monoisotopic (exact) mass is 291 g/mol. The molecule has 2 rings (SSSR count). The van der Waals surface area contributed by atoms with Crippen LogP contribution < -0.4 is 0 Å². The molecule has 0 N–H and O–H groups in total. The smallest absolute Gasteiger partial charge is 0.336 e. The van der Waals surface area contributed by atoms with Gasteiger partial charge in [0.15, 0.2) is 0 Å². The molecule has 0 spiro atoms. The Kier molecular flexibility index (Phi) is 4.26. The van der Waals surface area contributed by atoms with Crippen molar-refractivity contribution in [2.24, 2.45) is 10.9 Å². The Labute approximate surface area is 122 Å². The van der Waals surface area contributed by atoms with E-state index in [4.69, 9.17) is 13.9 Å². The number of methoxy groups -OCH3 is 2. The molecule has 0 aromatic carbocycles. The lowest BCUT2D eigenvalue weighted by molar-refractivity contribution is -0.144. The Bertz CT molecular complexity index is 612. The number of hydrogen-bond acceptors (Lipinski definition) is 6. The summed E-state index contributed by atoms with van der Waals surface area (Å²) < 4.78 is 15.1. The first-order valence-corrected chi connectivity index (χ1v) is 6.46. The van der Waals surface area contributed by atoms with Crippen LogP contribution in [0, 0.1) is 5.92 Å². The van der Waals surface area contributed by atoms with E-state index in [1.807, 2.05) is 0 Å². The number of carbonyl (C=O) groups is 2. The van der Waals surface area contributed by atoms with Crippen molar-refractivity contribution in [1.82, 2.24) is 0 Å². The van der Waals surface area contributed by atoms with Gasteiger partial charge < -0.3 is 13.9 Å². The van der Waals surface area contributed by atoms with Crippen LogP contribution in [-0.4, -0.2) is 31.9 Å². The van der Waals surface area contributed by atoms with Gasteiger partial charge in [-0.3, -0.25) is 9.79 Å². The molecule has 1 aliphatic rings. The van der Waals surface area contributed by atoms with Crippen molar-refractivity contribution in [3.63, 3.8) is 0 Å². The van der Waals surface area contributed by atoms with Gasteiger partial charge in [0.2, 0.25) is 0 Å². The fourth-order valence-corrected chi connectivity index (χ4v) is 2.62. The number of aliphatic imine (C=N–C) groups is 1.